The lowest BCUT2D eigenvalue weighted by Gasteiger charge is -2.02. The molecule has 98 valence electrons. The van der Waals surface area contributed by atoms with E-state index in [9.17, 15) is 0 Å². The molecular weight excluding hydrogens is 228 g/mol. The van der Waals surface area contributed by atoms with Crippen LogP contribution in [0.4, 0.5) is 0 Å². The lowest BCUT2D eigenvalue weighted by atomic mass is 10.1. The fourth-order valence-electron chi connectivity index (χ4n) is 2.08. The van der Waals surface area contributed by atoms with E-state index in [0.29, 0.717) is 5.92 Å². The van der Waals surface area contributed by atoms with Crippen LogP contribution < -0.4 is 0 Å². The molecule has 2 heterocycles. The van der Waals surface area contributed by atoms with Gasteiger partial charge in [-0.1, -0.05) is 13.8 Å². The Balaban J connectivity index is 1.94. The van der Waals surface area contributed by atoms with E-state index >= 15 is 0 Å². The van der Waals surface area contributed by atoms with Gasteiger partial charge in [-0.15, -0.1) is 0 Å². The fourth-order valence-corrected chi connectivity index (χ4v) is 2.08. The zero-order valence-electron chi connectivity index (χ0n) is 11.5. The maximum atomic E-state index is 5.64. The van der Waals surface area contributed by atoms with E-state index in [0.717, 1.165) is 48.2 Å². The van der Waals surface area contributed by atoms with E-state index in [-0.39, 0.29) is 0 Å². The monoisotopic (exact) mass is 248 g/mol. The number of hydrogen-bond donors (Lipinski definition) is 0. The molecule has 2 aromatic rings. The minimum Gasteiger partial charge on any atom is -0.449 e. The Bertz CT molecular complexity index is 512. The first kappa shape index (κ1) is 12.9. The van der Waals surface area contributed by atoms with Crippen LogP contribution >= 0.6 is 0 Å². The van der Waals surface area contributed by atoms with Gasteiger partial charge < -0.3 is 8.83 Å². The number of aryl methyl sites for hydroxylation is 4. The van der Waals surface area contributed by atoms with Gasteiger partial charge in [-0.05, 0) is 19.3 Å². The second-order valence-electron chi connectivity index (χ2n) is 4.91. The smallest absolute Gasteiger partial charge is 0.191 e. The number of oxazole rings is 2. The molecule has 2 rings (SSSR count). The van der Waals surface area contributed by atoms with Crippen molar-refractivity contribution in [2.45, 2.75) is 52.9 Å². The van der Waals surface area contributed by atoms with Crippen molar-refractivity contribution < 1.29 is 8.83 Å². The summed E-state index contributed by atoms with van der Waals surface area (Å²) in [5.41, 5.74) is 2.10. The predicted octanol–water partition coefficient (Wildman–Crippen LogP) is 3.58. The highest BCUT2D eigenvalue weighted by atomic mass is 16.4. The first-order valence-electron chi connectivity index (χ1n) is 6.43. The first-order chi connectivity index (χ1) is 8.56. The van der Waals surface area contributed by atoms with Crippen LogP contribution in [-0.4, -0.2) is 9.97 Å². The van der Waals surface area contributed by atoms with Gasteiger partial charge in [0.15, 0.2) is 11.8 Å². The number of hydrogen-bond acceptors (Lipinski definition) is 4. The second-order valence-corrected chi connectivity index (χ2v) is 4.91. The summed E-state index contributed by atoms with van der Waals surface area (Å²) in [6, 6.07) is 0. The molecule has 0 bridgehead atoms. The topological polar surface area (TPSA) is 52.1 Å². The van der Waals surface area contributed by atoms with E-state index in [2.05, 4.69) is 23.8 Å². The molecule has 0 amide bonds. The Kier molecular flexibility index (Phi) is 3.84. The van der Waals surface area contributed by atoms with Crippen molar-refractivity contribution in [3.63, 3.8) is 0 Å². The lowest BCUT2D eigenvalue weighted by Crippen LogP contribution is -1.96. The third-order valence-corrected chi connectivity index (χ3v) is 2.87. The Hall–Kier alpha value is -1.58. The summed E-state index contributed by atoms with van der Waals surface area (Å²) < 4.78 is 10.8. The minimum absolute atomic E-state index is 0.385. The molecule has 4 nitrogen and oxygen atoms in total. The molecule has 0 aliphatic carbocycles. The summed E-state index contributed by atoms with van der Waals surface area (Å²) in [5, 5.41) is 0. The molecular formula is C14H20N2O2. The molecule has 0 aliphatic heterocycles. The molecule has 0 saturated carbocycles. The van der Waals surface area contributed by atoms with Crippen molar-refractivity contribution >= 4 is 0 Å². The molecule has 0 N–H and O–H groups in total. The Morgan fingerprint density at radius 1 is 1.11 bits per heavy atom. The van der Waals surface area contributed by atoms with E-state index in [1.54, 1.807) is 6.26 Å². The highest BCUT2D eigenvalue weighted by Gasteiger charge is 2.14. The molecule has 0 spiro atoms. The quantitative estimate of drug-likeness (QED) is 0.811. The lowest BCUT2D eigenvalue weighted by molar-refractivity contribution is 0.453. The molecule has 4 heteroatoms. The van der Waals surface area contributed by atoms with Crippen molar-refractivity contribution in [2.24, 2.45) is 0 Å². The van der Waals surface area contributed by atoms with Crippen LogP contribution in [0.3, 0.4) is 0 Å². The highest BCUT2D eigenvalue weighted by molar-refractivity contribution is 5.13. The van der Waals surface area contributed by atoms with E-state index in [1.165, 1.54) is 0 Å². The van der Waals surface area contributed by atoms with E-state index in [4.69, 9.17) is 8.83 Å². The van der Waals surface area contributed by atoms with Crippen molar-refractivity contribution in [1.29, 1.82) is 0 Å². The summed E-state index contributed by atoms with van der Waals surface area (Å²) >= 11 is 0. The number of rotatable bonds is 5. The van der Waals surface area contributed by atoms with Crippen LogP contribution in [0.5, 0.6) is 0 Å². The van der Waals surface area contributed by atoms with Crippen LogP contribution in [0.2, 0.25) is 0 Å². The minimum atomic E-state index is 0.385. The predicted molar refractivity (Wildman–Crippen MR) is 68.6 cm³/mol. The van der Waals surface area contributed by atoms with Crippen molar-refractivity contribution in [3.05, 3.63) is 35.2 Å². The molecule has 0 radical (unpaired) electrons. The molecule has 18 heavy (non-hydrogen) atoms. The number of aromatic nitrogens is 2. The van der Waals surface area contributed by atoms with Crippen LogP contribution in [0.25, 0.3) is 0 Å². The van der Waals surface area contributed by atoms with Gasteiger partial charge in [0.25, 0.3) is 0 Å². The van der Waals surface area contributed by atoms with Gasteiger partial charge >= 0.3 is 0 Å². The third kappa shape index (κ3) is 3.00. The van der Waals surface area contributed by atoms with Crippen LogP contribution in [0.15, 0.2) is 15.1 Å². The normalized spacial score (nSPS) is 11.4. The zero-order chi connectivity index (χ0) is 13.1. The molecule has 0 saturated heterocycles. The van der Waals surface area contributed by atoms with Crippen molar-refractivity contribution in [3.8, 4) is 0 Å². The number of nitrogens with zero attached hydrogens (tertiary/aromatic N) is 2. The van der Waals surface area contributed by atoms with Gasteiger partial charge in [-0.3, -0.25) is 0 Å². The summed E-state index contributed by atoms with van der Waals surface area (Å²) in [6.07, 6.45) is 4.59. The molecule has 0 atom stereocenters. The van der Waals surface area contributed by atoms with Gasteiger partial charge in [-0.25, -0.2) is 9.97 Å². The SMILES string of the molecule is Cc1nc(CCCc2nc(C)oc2C(C)C)co1. The Morgan fingerprint density at radius 2 is 1.89 bits per heavy atom. The average molecular weight is 248 g/mol. The maximum Gasteiger partial charge on any atom is 0.191 e. The first-order valence-corrected chi connectivity index (χ1v) is 6.43. The summed E-state index contributed by atoms with van der Waals surface area (Å²) in [4.78, 5) is 8.75. The standard InChI is InChI=1S/C14H20N2O2/c1-9(2)14-13(16-11(4)18-14)7-5-6-12-8-17-10(3)15-12/h8-9H,5-7H2,1-4H3. The van der Waals surface area contributed by atoms with Crippen molar-refractivity contribution in [1.82, 2.24) is 9.97 Å². The Morgan fingerprint density at radius 3 is 2.50 bits per heavy atom. The van der Waals surface area contributed by atoms with Gasteiger partial charge in [0.2, 0.25) is 0 Å². The average Bonchev–Trinajstić information content (AvgIpc) is 2.85. The van der Waals surface area contributed by atoms with Crippen LogP contribution in [0.1, 0.15) is 55.1 Å². The van der Waals surface area contributed by atoms with Gasteiger partial charge in [0, 0.05) is 19.8 Å². The fraction of sp³-hybridized carbons (Fsp3) is 0.571. The van der Waals surface area contributed by atoms with Crippen LogP contribution in [-0.2, 0) is 12.8 Å². The third-order valence-electron chi connectivity index (χ3n) is 2.87. The molecule has 0 fully saturated rings. The van der Waals surface area contributed by atoms with Gasteiger partial charge in [0.05, 0.1) is 11.4 Å². The highest BCUT2D eigenvalue weighted by Crippen LogP contribution is 2.22. The Labute approximate surface area is 107 Å². The largest absolute Gasteiger partial charge is 0.449 e. The maximum absolute atomic E-state index is 5.64. The van der Waals surface area contributed by atoms with E-state index in [1.807, 2.05) is 13.8 Å². The van der Waals surface area contributed by atoms with E-state index < -0.39 is 0 Å². The van der Waals surface area contributed by atoms with Crippen molar-refractivity contribution in [2.75, 3.05) is 0 Å². The zero-order valence-corrected chi connectivity index (χ0v) is 11.5. The molecule has 0 unspecified atom stereocenters. The van der Waals surface area contributed by atoms with Gasteiger partial charge in [-0.2, -0.15) is 0 Å². The molecule has 0 aliphatic rings. The molecule has 0 aromatic carbocycles. The summed E-state index contributed by atoms with van der Waals surface area (Å²) in [5.74, 6) is 2.88. The van der Waals surface area contributed by atoms with Gasteiger partial charge in [0.1, 0.15) is 12.0 Å². The summed E-state index contributed by atoms with van der Waals surface area (Å²) in [7, 11) is 0. The van der Waals surface area contributed by atoms with Crippen LogP contribution in [0, 0.1) is 13.8 Å². The summed E-state index contributed by atoms with van der Waals surface area (Å²) in [6.45, 7) is 8.02. The second kappa shape index (κ2) is 5.38. The molecule has 2 aromatic heterocycles.